The first-order valence-electron chi connectivity index (χ1n) is 9.46. The average molecular weight is 536 g/mol. The highest BCUT2D eigenvalue weighted by Crippen LogP contribution is 2.28. The maximum Gasteiger partial charge on any atom is 0.291 e. The van der Waals surface area contributed by atoms with Crippen LogP contribution in [-0.4, -0.2) is 37.2 Å². The summed E-state index contributed by atoms with van der Waals surface area (Å²) in [5.74, 6) is -1.39. The molecular weight excluding hydrogens is 518 g/mol. The van der Waals surface area contributed by atoms with Gasteiger partial charge in [0.15, 0.2) is 0 Å². The van der Waals surface area contributed by atoms with Crippen molar-refractivity contribution in [2.45, 2.75) is 25.4 Å². The predicted octanol–water partition coefficient (Wildman–Crippen LogP) is 1.59. The lowest BCUT2D eigenvalue weighted by Gasteiger charge is -2.19. The summed E-state index contributed by atoms with van der Waals surface area (Å²) >= 11 is 1.87. The number of nitrogens with one attached hydrogen (secondary N) is 1. The van der Waals surface area contributed by atoms with Gasteiger partial charge in [-0.25, -0.2) is 17.2 Å². The lowest BCUT2D eigenvalue weighted by Crippen LogP contribution is -2.45. The Balaban J connectivity index is 1.48. The molecule has 9 nitrogen and oxygen atoms in total. The molecule has 11 heteroatoms. The molecule has 160 valence electrons. The van der Waals surface area contributed by atoms with Crippen LogP contribution in [0.2, 0.25) is 0 Å². The zero-order valence-electron chi connectivity index (χ0n) is 16.5. The van der Waals surface area contributed by atoms with E-state index in [9.17, 15) is 18.8 Å². The van der Waals surface area contributed by atoms with Gasteiger partial charge in [-0.3, -0.25) is 14.4 Å². The number of fused-ring (bicyclic) bond motifs is 1. The van der Waals surface area contributed by atoms with Crippen molar-refractivity contribution in [1.82, 2.24) is 24.6 Å². The number of carbonyl (C=O) groups excluding carboxylic acids is 2. The normalized spacial score (nSPS) is 16.0. The van der Waals surface area contributed by atoms with Crippen molar-refractivity contribution >= 4 is 40.4 Å². The van der Waals surface area contributed by atoms with E-state index in [0.29, 0.717) is 24.1 Å². The summed E-state index contributed by atoms with van der Waals surface area (Å²) in [5.41, 5.74) is 1.62. The zero-order valence-corrected chi connectivity index (χ0v) is 18.6. The third-order valence-corrected chi connectivity index (χ3v) is 6.03. The molecule has 0 unspecified atom stereocenters. The molecule has 0 radical (unpaired) electrons. The molecule has 0 aliphatic carbocycles. The van der Waals surface area contributed by atoms with Crippen molar-refractivity contribution in [2.24, 2.45) is 7.05 Å². The van der Waals surface area contributed by atoms with Crippen LogP contribution in [0, 0.1) is 5.82 Å². The second-order valence-electron chi connectivity index (χ2n) is 7.17. The smallest absolute Gasteiger partial charge is 0.291 e. The van der Waals surface area contributed by atoms with Gasteiger partial charge in [0.05, 0.1) is 35.1 Å². The molecular formula is C20H18FIN6O3. The van der Waals surface area contributed by atoms with Crippen LogP contribution in [-0.2, 0) is 24.8 Å². The number of halogens is 2. The highest BCUT2D eigenvalue weighted by Gasteiger charge is 2.31. The maximum absolute atomic E-state index is 13.8. The Kier molecular flexibility index (Phi) is 5.85. The SMILES string of the molecule is Cn1cc2c(cc1=O)CC[C@H](NC(=O)c1ncn(Cc3ccccc3F)n1)C(=O)N2I. The molecule has 1 N–H and O–H groups in total. The Hall–Kier alpha value is -3.09. The molecule has 1 aromatic carbocycles. The van der Waals surface area contributed by atoms with Gasteiger partial charge < -0.3 is 9.88 Å². The Morgan fingerprint density at radius 3 is 2.87 bits per heavy atom. The van der Waals surface area contributed by atoms with Gasteiger partial charge in [-0.05, 0) is 24.5 Å². The van der Waals surface area contributed by atoms with E-state index in [1.165, 1.54) is 30.8 Å². The van der Waals surface area contributed by atoms with Gasteiger partial charge in [-0.15, -0.1) is 5.10 Å². The fourth-order valence-electron chi connectivity index (χ4n) is 3.34. The van der Waals surface area contributed by atoms with Crippen LogP contribution in [0.15, 0.2) is 47.7 Å². The van der Waals surface area contributed by atoms with Crippen LogP contribution >= 0.6 is 22.9 Å². The monoisotopic (exact) mass is 536 g/mol. The van der Waals surface area contributed by atoms with Gasteiger partial charge >= 0.3 is 0 Å². The molecule has 2 aromatic heterocycles. The number of hydrogen-bond acceptors (Lipinski definition) is 5. The van der Waals surface area contributed by atoms with E-state index < -0.39 is 11.9 Å². The fraction of sp³-hybridized carbons (Fsp3) is 0.250. The summed E-state index contributed by atoms with van der Waals surface area (Å²) in [7, 11) is 1.62. The highest BCUT2D eigenvalue weighted by atomic mass is 127. The summed E-state index contributed by atoms with van der Waals surface area (Å²) in [6.07, 6.45) is 3.74. The quantitative estimate of drug-likeness (QED) is 0.403. The molecule has 0 saturated carbocycles. The first kappa shape index (κ1) is 21.2. The van der Waals surface area contributed by atoms with E-state index in [-0.39, 0.29) is 29.7 Å². The van der Waals surface area contributed by atoms with E-state index in [1.54, 1.807) is 31.4 Å². The van der Waals surface area contributed by atoms with Crippen molar-refractivity contribution in [2.75, 3.05) is 3.11 Å². The molecule has 1 aliphatic rings. The molecule has 0 fully saturated rings. The third-order valence-electron chi connectivity index (χ3n) is 5.03. The second-order valence-corrected chi connectivity index (χ2v) is 8.14. The van der Waals surface area contributed by atoms with Crippen LogP contribution in [0.1, 0.15) is 28.2 Å². The van der Waals surface area contributed by atoms with E-state index >= 15 is 0 Å². The average Bonchev–Trinajstić information content (AvgIpc) is 3.18. The standard InChI is InChI=1S/C20H18FIN6O3/c1-26-10-16-12(8-17(26)29)6-7-15(20(31)28(16)22)24-19(30)18-23-11-27(25-18)9-13-4-2-3-5-14(13)21/h2-5,8,10-11,15H,6-7,9H2,1H3,(H,24,30)/t15-/m0/s1. The first-order valence-corrected chi connectivity index (χ1v) is 10.4. The molecule has 1 aliphatic heterocycles. The van der Waals surface area contributed by atoms with Crippen LogP contribution in [0.4, 0.5) is 10.1 Å². The number of hydrogen-bond donors (Lipinski definition) is 1. The van der Waals surface area contributed by atoms with Crippen LogP contribution in [0.5, 0.6) is 0 Å². The van der Waals surface area contributed by atoms with E-state index in [0.717, 1.165) is 5.56 Å². The van der Waals surface area contributed by atoms with Crippen molar-refractivity contribution in [3.63, 3.8) is 0 Å². The molecule has 3 heterocycles. The number of nitrogens with zero attached hydrogens (tertiary/aromatic N) is 5. The molecule has 0 spiro atoms. The maximum atomic E-state index is 13.8. The zero-order chi connectivity index (χ0) is 22.1. The molecule has 4 rings (SSSR count). The van der Waals surface area contributed by atoms with Crippen LogP contribution < -0.4 is 14.0 Å². The predicted molar refractivity (Wildman–Crippen MR) is 118 cm³/mol. The number of benzene rings is 1. The summed E-state index contributed by atoms with van der Waals surface area (Å²) in [6, 6.07) is 6.99. The van der Waals surface area contributed by atoms with Crippen LogP contribution in [0.25, 0.3) is 0 Å². The highest BCUT2D eigenvalue weighted by molar-refractivity contribution is 14.1. The largest absolute Gasteiger partial charge is 0.337 e. The lowest BCUT2D eigenvalue weighted by atomic mass is 10.1. The molecule has 3 aromatic rings. The Morgan fingerprint density at radius 1 is 1.32 bits per heavy atom. The molecule has 0 saturated heterocycles. The number of amides is 2. The van der Waals surface area contributed by atoms with Crippen molar-refractivity contribution < 1.29 is 14.0 Å². The molecule has 2 amide bonds. The van der Waals surface area contributed by atoms with Gasteiger partial charge in [0, 0.05) is 24.9 Å². The van der Waals surface area contributed by atoms with Crippen molar-refractivity contribution in [1.29, 1.82) is 0 Å². The van der Waals surface area contributed by atoms with Crippen molar-refractivity contribution in [3.8, 4) is 0 Å². The summed E-state index contributed by atoms with van der Waals surface area (Å²) in [5, 5.41) is 6.77. The minimum atomic E-state index is -0.796. The second kappa shape index (κ2) is 8.57. The Morgan fingerprint density at radius 2 is 2.10 bits per heavy atom. The number of anilines is 1. The van der Waals surface area contributed by atoms with E-state index in [1.807, 2.05) is 22.9 Å². The van der Waals surface area contributed by atoms with Gasteiger partial charge in [-0.2, -0.15) is 0 Å². The van der Waals surface area contributed by atoms with Gasteiger partial charge in [0.25, 0.3) is 17.4 Å². The Labute approximate surface area is 190 Å². The third kappa shape index (κ3) is 4.36. The fourth-order valence-corrected chi connectivity index (χ4v) is 4.11. The minimum Gasteiger partial charge on any atom is -0.337 e. The van der Waals surface area contributed by atoms with Gasteiger partial charge in [0.2, 0.25) is 5.82 Å². The minimum absolute atomic E-state index is 0.112. The van der Waals surface area contributed by atoms with E-state index in [4.69, 9.17) is 0 Å². The lowest BCUT2D eigenvalue weighted by molar-refractivity contribution is -0.118. The molecule has 31 heavy (non-hydrogen) atoms. The summed E-state index contributed by atoms with van der Waals surface area (Å²) in [4.78, 5) is 41.4. The number of carbonyl (C=O) groups is 2. The van der Waals surface area contributed by atoms with Crippen LogP contribution in [0.3, 0.4) is 0 Å². The number of rotatable bonds is 4. The Bertz CT molecular complexity index is 1220. The van der Waals surface area contributed by atoms with Crippen molar-refractivity contribution in [3.05, 3.63) is 76.0 Å². The topological polar surface area (TPSA) is 102 Å². The number of aromatic nitrogens is 4. The summed E-state index contributed by atoms with van der Waals surface area (Å²) < 4.78 is 18.0. The van der Waals surface area contributed by atoms with Gasteiger partial charge in [0.1, 0.15) is 18.2 Å². The first-order chi connectivity index (χ1) is 14.8. The molecule has 0 bridgehead atoms. The number of aryl methyl sites for hydroxylation is 2. The summed E-state index contributed by atoms with van der Waals surface area (Å²) in [6.45, 7) is 0.126. The van der Waals surface area contributed by atoms with Gasteiger partial charge in [-0.1, -0.05) is 18.2 Å². The number of pyridine rings is 1. The van der Waals surface area contributed by atoms with E-state index in [2.05, 4.69) is 15.4 Å². The molecule has 1 atom stereocenters.